The standard InChI is InChI=1S/C39H50N2O7S3/c1-5-7-19-39(20-8-6-2)26-41(30-17-13-10-14-18-30)31-22-34(50-4)33(23-35(31)51(46,47)27-39)48-24-36(43)40-37(28-15-11-9-12-16-28)32(42)21-29(25-49-3)38(44)45/h9-18,22-23,29,37H,5-8,19-21,24-27H2,1-4H3,(H,40,43)(H,44,45)/t29-,37+/m0/s1. The van der Waals surface area contributed by atoms with Crippen LogP contribution < -0.4 is 15.0 Å². The summed E-state index contributed by atoms with van der Waals surface area (Å²) in [6, 6.07) is 20.9. The molecule has 0 saturated carbocycles. The molecule has 3 aromatic carbocycles. The lowest BCUT2D eigenvalue weighted by atomic mass is 9.79. The number of fused-ring (bicyclic) bond motifs is 1. The summed E-state index contributed by atoms with van der Waals surface area (Å²) >= 11 is 2.73. The molecule has 1 aliphatic rings. The lowest BCUT2D eigenvalue weighted by Crippen LogP contribution is -2.38. The lowest BCUT2D eigenvalue weighted by molar-refractivity contribution is -0.143. The number of anilines is 2. The van der Waals surface area contributed by atoms with Crippen LogP contribution in [0.1, 0.15) is 70.4 Å². The van der Waals surface area contributed by atoms with E-state index in [1.807, 2.05) is 42.7 Å². The van der Waals surface area contributed by atoms with Crippen molar-refractivity contribution < 1.29 is 32.6 Å². The fourth-order valence-corrected chi connectivity index (χ4v) is 10.0. The number of nitrogens with zero attached hydrogens (tertiary/aromatic N) is 1. The summed E-state index contributed by atoms with van der Waals surface area (Å²) in [4.78, 5) is 41.6. The van der Waals surface area contributed by atoms with E-state index >= 15 is 0 Å². The first-order valence-corrected chi connectivity index (χ1v) is 21.7. The Kier molecular flexibility index (Phi) is 14.9. The first kappa shape index (κ1) is 40.3. The lowest BCUT2D eigenvalue weighted by Gasteiger charge is -2.37. The number of benzene rings is 3. The summed E-state index contributed by atoms with van der Waals surface area (Å²) in [6.07, 6.45) is 8.80. The minimum absolute atomic E-state index is 0.0175. The molecule has 0 aromatic heterocycles. The number of thioether (sulfide) groups is 2. The molecule has 0 aliphatic carbocycles. The minimum atomic E-state index is -3.79. The van der Waals surface area contributed by atoms with Gasteiger partial charge in [0.05, 0.1) is 27.1 Å². The van der Waals surface area contributed by atoms with Crippen LogP contribution in [0.2, 0.25) is 0 Å². The third kappa shape index (κ3) is 10.5. The molecule has 12 heteroatoms. The van der Waals surface area contributed by atoms with Crippen molar-refractivity contribution in [1.82, 2.24) is 5.32 Å². The Labute approximate surface area is 311 Å². The van der Waals surface area contributed by atoms with Crippen LogP contribution in [0.25, 0.3) is 0 Å². The van der Waals surface area contributed by atoms with Gasteiger partial charge in [-0.05, 0) is 49.1 Å². The largest absolute Gasteiger partial charge is 0.483 e. The molecule has 1 aliphatic heterocycles. The number of sulfone groups is 1. The van der Waals surface area contributed by atoms with Gasteiger partial charge in [0.2, 0.25) is 0 Å². The fraction of sp³-hybridized carbons (Fsp3) is 0.462. The monoisotopic (exact) mass is 754 g/mol. The normalized spacial score (nSPS) is 16.0. The number of para-hydroxylation sites is 1. The Morgan fingerprint density at radius 3 is 2.16 bits per heavy atom. The Bertz CT molecular complexity index is 1730. The van der Waals surface area contributed by atoms with Crippen LogP contribution in [0.5, 0.6) is 5.75 Å². The van der Waals surface area contributed by atoms with E-state index in [1.165, 1.54) is 23.5 Å². The van der Waals surface area contributed by atoms with E-state index in [0.29, 0.717) is 22.7 Å². The van der Waals surface area contributed by atoms with Crippen LogP contribution in [-0.4, -0.2) is 68.4 Å². The Morgan fingerprint density at radius 1 is 0.961 bits per heavy atom. The smallest absolute Gasteiger partial charge is 0.307 e. The van der Waals surface area contributed by atoms with Crippen molar-refractivity contribution in [2.45, 2.75) is 74.6 Å². The van der Waals surface area contributed by atoms with E-state index in [4.69, 9.17) is 4.74 Å². The number of nitrogens with one attached hydrogen (secondary N) is 1. The van der Waals surface area contributed by atoms with Gasteiger partial charge in [-0.15, -0.1) is 11.8 Å². The van der Waals surface area contributed by atoms with E-state index in [-0.39, 0.29) is 28.6 Å². The van der Waals surface area contributed by atoms with E-state index < -0.39 is 51.5 Å². The SMILES string of the molecule is CCCCC1(CCCC)CN(c2ccccc2)c2cc(SC)c(OCC(=O)N[C@@H](C(=O)C[C@@H](CSC)C(=O)O)c3ccccc3)cc2S(=O)(=O)C1. The summed E-state index contributed by atoms with van der Waals surface area (Å²) in [5.41, 5.74) is 1.58. The van der Waals surface area contributed by atoms with E-state index in [0.717, 1.165) is 44.2 Å². The number of carbonyl (C=O) groups is 3. The van der Waals surface area contributed by atoms with Crippen molar-refractivity contribution in [3.63, 3.8) is 0 Å². The van der Waals surface area contributed by atoms with Crippen molar-refractivity contribution in [2.75, 3.05) is 42.1 Å². The third-order valence-electron chi connectivity index (χ3n) is 9.33. The molecule has 0 fully saturated rings. The second-order valence-electron chi connectivity index (χ2n) is 13.2. The number of aliphatic carboxylic acids is 1. The number of rotatable bonds is 19. The van der Waals surface area contributed by atoms with E-state index in [2.05, 4.69) is 24.1 Å². The summed E-state index contributed by atoms with van der Waals surface area (Å²) in [7, 11) is -3.79. The molecular formula is C39H50N2O7S3. The van der Waals surface area contributed by atoms with Gasteiger partial charge in [0.25, 0.3) is 5.91 Å². The van der Waals surface area contributed by atoms with Gasteiger partial charge in [0.15, 0.2) is 22.2 Å². The van der Waals surface area contributed by atoms with Gasteiger partial charge in [0.1, 0.15) is 11.8 Å². The number of carboxylic acid groups (broad SMARTS) is 1. The predicted octanol–water partition coefficient (Wildman–Crippen LogP) is 7.96. The fourth-order valence-electron chi connectivity index (χ4n) is 6.70. The molecule has 1 amide bonds. The number of carbonyl (C=O) groups excluding carboxylic acids is 2. The molecule has 9 nitrogen and oxygen atoms in total. The molecule has 0 spiro atoms. The topological polar surface area (TPSA) is 130 Å². The highest BCUT2D eigenvalue weighted by molar-refractivity contribution is 7.98. The number of hydrogen-bond donors (Lipinski definition) is 2. The van der Waals surface area contributed by atoms with Crippen LogP contribution >= 0.6 is 23.5 Å². The molecule has 2 N–H and O–H groups in total. The predicted molar refractivity (Wildman–Crippen MR) is 207 cm³/mol. The van der Waals surface area contributed by atoms with Gasteiger partial charge in [-0.1, -0.05) is 88.1 Å². The maximum absolute atomic E-state index is 14.4. The van der Waals surface area contributed by atoms with Crippen molar-refractivity contribution >= 4 is 62.4 Å². The van der Waals surface area contributed by atoms with Crippen molar-refractivity contribution in [3.05, 3.63) is 78.4 Å². The van der Waals surface area contributed by atoms with Crippen LogP contribution in [0.15, 0.2) is 82.6 Å². The van der Waals surface area contributed by atoms with Gasteiger partial charge in [-0.25, -0.2) is 8.42 Å². The van der Waals surface area contributed by atoms with Gasteiger partial charge in [-0.2, -0.15) is 11.8 Å². The highest BCUT2D eigenvalue weighted by Crippen LogP contribution is 2.47. The molecule has 51 heavy (non-hydrogen) atoms. The molecule has 2 atom stereocenters. The molecule has 3 aromatic rings. The molecule has 0 bridgehead atoms. The van der Waals surface area contributed by atoms with Crippen LogP contribution in [-0.2, 0) is 24.2 Å². The molecule has 0 saturated heterocycles. The Hall–Kier alpha value is -3.48. The summed E-state index contributed by atoms with van der Waals surface area (Å²) in [6.45, 7) is 4.34. The molecule has 276 valence electrons. The average Bonchev–Trinajstić information content (AvgIpc) is 3.22. The highest BCUT2D eigenvalue weighted by Gasteiger charge is 2.42. The molecule has 0 radical (unpaired) electrons. The third-order valence-corrected chi connectivity index (χ3v) is 12.8. The average molecular weight is 755 g/mol. The second kappa shape index (κ2) is 18.8. The zero-order valence-electron chi connectivity index (χ0n) is 29.9. The maximum atomic E-state index is 14.4. The minimum Gasteiger partial charge on any atom is -0.483 e. The number of carboxylic acids is 1. The molecule has 1 heterocycles. The van der Waals surface area contributed by atoms with E-state index in [9.17, 15) is 27.9 Å². The highest BCUT2D eigenvalue weighted by atomic mass is 32.2. The first-order chi connectivity index (χ1) is 24.5. The molecule has 0 unspecified atom stereocenters. The number of ether oxygens (including phenoxy) is 1. The summed E-state index contributed by atoms with van der Waals surface area (Å²) in [5.74, 6) is -2.44. The number of amides is 1. The summed E-state index contributed by atoms with van der Waals surface area (Å²) in [5, 5.41) is 12.4. The second-order valence-corrected chi connectivity index (χ2v) is 16.9. The van der Waals surface area contributed by atoms with Crippen molar-refractivity contribution in [1.29, 1.82) is 0 Å². The van der Waals surface area contributed by atoms with Crippen LogP contribution in [0.3, 0.4) is 0 Å². The maximum Gasteiger partial charge on any atom is 0.307 e. The zero-order valence-corrected chi connectivity index (χ0v) is 32.4. The quantitative estimate of drug-likeness (QED) is 0.116. The number of hydrogen-bond acceptors (Lipinski definition) is 9. The van der Waals surface area contributed by atoms with Gasteiger partial charge in [0, 0.05) is 35.9 Å². The van der Waals surface area contributed by atoms with E-state index in [1.54, 1.807) is 42.7 Å². The number of ketones is 1. The van der Waals surface area contributed by atoms with Crippen LogP contribution in [0.4, 0.5) is 11.4 Å². The zero-order chi connectivity index (χ0) is 37.0. The molecule has 4 rings (SSSR count). The summed E-state index contributed by atoms with van der Waals surface area (Å²) < 4.78 is 34.9. The van der Waals surface area contributed by atoms with Gasteiger partial charge >= 0.3 is 5.97 Å². The van der Waals surface area contributed by atoms with Crippen molar-refractivity contribution in [3.8, 4) is 5.75 Å². The Balaban J connectivity index is 1.67. The number of unbranched alkanes of at least 4 members (excludes halogenated alkanes) is 2. The van der Waals surface area contributed by atoms with Gasteiger partial charge < -0.3 is 20.1 Å². The molecular weight excluding hydrogens is 705 g/mol. The Morgan fingerprint density at radius 2 is 1.59 bits per heavy atom. The van der Waals surface area contributed by atoms with Crippen molar-refractivity contribution in [2.24, 2.45) is 11.3 Å². The number of Topliss-reactive ketones (excluding diaryl/α,β-unsaturated/α-hetero) is 1. The first-order valence-electron chi connectivity index (χ1n) is 17.5. The van der Waals surface area contributed by atoms with Crippen LogP contribution in [0, 0.1) is 11.3 Å². The van der Waals surface area contributed by atoms with Gasteiger partial charge in [-0.3, -0.25) is 14.4 Å².